The monoisotopic (exact) mass is 258 g/mol. The van der Waals surface area contributed by atoms with E-state index in [0.717, 1.165) is 5.69 Å². The van der Waals surface area contributed by atoms with Gasteiger partial charge in [-0.05, 0) is 31.2 Å². The van der Waals surface area contributed by atoms with E-state index in [1.165, 1.54) is 6.07 Å². The molecule has 0 aliphatic carbocycles. The lowest BCUT2D eigenvalue weighted by molar-refractivity contribution is 0.0698. The fourth-order valence-electron chi connectivity index (χ4n) is 1.68. The van der Waals surface area contributed by atoms with Crippen molar-refractivity contribution in [1.29, 1.82) is 0 Å². The van der Waals surface area contributed by atoms with Crippen LogP contribution in [0.1, 0.15) is 21.9 Å². The number of carbonyl (C=O) groups is 1. The molecule has 0 saturated carbocycles. The van der Waals surface area contributed by atoms with Gasteiger partial charge >= 0.3 is 5.97 Å². The van der Waals surface area contributed by atoms with E-state index in [1.54, 1.807) is 31.3 Å². The van der Waals surface area contributed by atoms with Crippen LogP contribution in [0.5, 0.6) is 0 Å². The number of aromatic nitrogens is 2. The van der Waals surface area contributed by atoms with E-state index >= 15 is 0 Å². The lowest BCUT2D eigenvalue weighted by Crippen LogP contribution is -2.08. The Hall–Kier alpha value is -2.63. The Labute approximate surface area is 110 Å². The van der Waals surface area contributed by atoms with Crippen LogP contribution in [0.25, 0.3) is 0 Å². The maximum absolute atomic E-state index is 11.1. The summed E-state index contributed by atoms with van der Waals surface area (Å²) in [6.45, 7) is 2.23. The molecule has 6 nitrogen and oxygen atoms in total. The van der Waals surface area contributed by atoms with Crippen molar-refractivity contribution >= 4 is 17.3 Å². The molecule has 6 heteroatoms. The van der Waals surface area contributed by atoms with Gasteiger partial charge in [-0.2, -0.15) is 0 Å². The molecule has 0 amide bonds. The number of hydrogen-bond donors (Lipinski definition) is 3. The molecular weight excluding hydrogens is 244 g/mol. The molecule has 0 aliphatic rings. The van der Waals surface area contributed by atoms with Gasteiger partial charge in [-0.15, -0.1) is 0 Å². The van der Waals surface area contributed by atoms with Gasteiger partial charge in [-0.1, -0.05) is 0 Å². The number of benzene rings is 1. The van der Waals surface area contributed by atoms with Crippen molar-refractivity contribution in [2.75, 3.05) is 11.1 Å². The summed E-state index contributed by atoms with van der Waals surface area (Å²) in [5.41, 5.74) is 7.45. The van der Waals surface area contributed by atoms with Crippen LogP contribution in [0.15, 0.2) is 30.5 Å². The number of hydrogen-bond acceptors (Lipinski definition) is 5. The zero-order valence-corrected chi connectivity index (χ0v) is 10.4. The number of rotatable bonds is 4. The molecule has 0 aliphatic heterocycles. The minimum absolute atomic E-state index is 0.144. The first-order valence-electron chi connectivity index (χ1n) is 5.71. The van der Waals surface area contributed by atoms with Gasteiger partial charge in [-0.25, -0.2) is 14.8 Å². The Morgan fingerprint density at radius 3 is 2.89 bits per heavy atom. The second-order valence-corrected chi connectivity index (χ2v) is 4.06. The van der Waals surface area contributed by atoms with Crippen molar-refractivity contribution in [2.24, 2.45) is 0 Å². The first-order valence-corrected chi connectivity index (χ1v) is 5.71. The molecule has 0 atom stereocenters. The van der Waals surface area contributed by atoms with Crippen LogP contribution in [0.4, 0.5) is 11.4 Å². The largest absolute Gasteiger partial charge is 0.478 e. The first-order chi connectivity index (χ1) is 9.06. The van der Waals surface area contributed by atoms with Gasteiger partial charge in [0, 0.05) is 17.6 Å². The standard InChI is InChI=1S/C13H14N4O2/c1-8-15-5-4-10(17-8)7-16-12-3-2-9(14)6-11(12)13(18)19/h2-6,16H,7,14H2,1H3,(H,18,19). The maximum atomic E-state index is 11.1. The summed E-state index contributed by atoms with van der Waals surface area (Å²) in [7, 11) is 0. The topological polar surface area (TPSA) is 101 Å². The molecule has 19 heavy (non-hydrogen) atoms. The molecule has 1 aromatic heterocycles. The fourth-order valence-corrected chi connectivity index (χ4v) is 1.68. The minimum Gasteiger partial charge on any atom is -0.478 e. The van der Waals surface area contributed by atoms with Crippen molar-refractivity contribution in [1.82, 2.24) is 9.97 Å². The van der Waals surface area contributed by atoms with E-state index in [-0.39, 0.29) is 5.56 Å². The molecule has 0 saturated heterocycles. The number of aryl methyl sites for hydroxylation is 1. The summed E-state index contributed by atoms with van der Waals surface area (Å²) in [6.07, 6.45) is 1.67. The second kappa shape index (κ2) is 5.34. The van der Waals surface area contributed by atoms with Gasteiger partial charge in [0.25, 0.3) is 0 Å². The number of anilines is 2. The number of aromatic carboxylic acids is 1. The molecule has 0 spiro atoms. The average molecular weight is 258 g/mol. The van der Waals surface area contributed by atoms with Gasteiger partial charge in [0.1, 0.15) is 5.82 Å². The molecule has 0 radical (unpaired) electrons. The van der Waals surface area contributed by atoms with Gasteiger partial charge in [0.15, 0.2) is 0 Å². The van der Waals surface area contributed by atoms with E-state index in [2.05, 4.69) is 15.3 Å². The van der Waals surface area contributed by atoms with Crippen LogP contribution < -0.4 is 11.1 Å². The summed E-state index contributed by atoms with van der Waals surface area (Å²) >= 11 is 0. The number of carboxylic acids is 1. The Kier molecular flexibility index (Phi) is 3.61. The Morgan fingerprint density at radius 1 is 1.42 bits per heavy atom. The van der Waals surface area contributed by atoms with Crippen LogP contribution in [-0.4, -0.2) is 21.0 Å². The Bertz CT molecular complexity index is 613. The normalized spacial score (nSPS) is 10.2. The number of nitrogen functional groups attached to an aromatic ring is 1. The summed E-state index contributed by atoms with van der Waals surface area (Å²) in [6, 6.07) is 6.50. The smallest absolute Gasteiger partial charge is 0.337 e. The van der Waals surface area contributed by atoms with Crippen LogP contribution in [0.3, 0.4) is 0 Å². The van der Waals surface area contributed by atoms with Gasteiger partial charge in [0.2, 0.25) is 0 Å². The highest BCUT2D eigenvalue weighted by molar-refractivity contribution is 5.95. The van der Waals surface area contributed by atoms with Crippen LogP contribution in [0, 0.1) is 6.92 Å². The highest BCUT2D eigenvalue weighted by atomic mass is 16.4. The molecule has 0 unspecified atom stereocenters. The van der Waals surface area contributed by atoms with Crippen molar-refractivity contribution in [3.63, 3.8) is 0 Å². The van der Waals surface area contributed by atoms with Crippen molar-refractivity contribution in [3.8, 4) is 0 Å². The maximum Gasteiger partial charge on any atom is 0.337 e. The van der Waals surface area contributed by atoms with Crippen molar-refractivity contribution in [3.05, 3.63) is 47.5 Å². The summed E-state index contributed by atoms with van der Waals surface area (Å²) in [5.74, 6) is -0.344. The summed E-state index contributed by atoms with van der Waals surface area (Å²) in [4.78, 5) is 19.4. The molecule has 4 N–H and O–H groups in total. The quantitative estimate of drug-likeness (QED) is 0.721. The van der Waals surface area contributed by atoms with E-state index in [1.807, 2.05) is 0 Å². The first kappa shape index (κ1) is 12.8. The Balaban J connectivity index is 2.17. The minimum atomic E-state index is -1.02. The van der Waals surface area contributed by atoms with E-state index in [4.69, 9.17) is 10.8 Å². The van der Waals surface area contributed by atoms with Crippen LogP contribution >= 0.6 is 0 Å². The number of nitrogens with zero attached hydrogens (tertiary/aromatic N) is 2. The van der Waals surface area contributed by atoms with Crippen molar-refractivity contribution < 1.29 is 9.90 Å². The van der Waals surface area contributed by atoms with Gasteiger partial charge in [0.05, 0.1) is 17.8 Å². The summed E-state index contributed by atoms with van der Waals surface area (Å²) < 4.78 is 0. The molecule has 0 fully saturated rings. The molecule has 0 bridgehead atoms. The van der Waals surface area contributed by atoms with Gasteiger partial charge in [-0.3, -0.25) is 0 Å². The van der Waals surface area contributed by atoms with E-state index in [0.29, 0.717) is 23.7 Å². The molecule has 98 valence electrons. The number of nitrogens with two attached hydrogens (primary N) is 1. The third-order valence-electron chi connectivity index (χ3n) is 2.57. The Morgan fingerprint density at radius 2 is 2.21 bits per heavy atom. The fraction of sp³-hybridized carbons (Fsp3) is 0.154. The predicted octanol–water partition coefficient (Wildman–Crippen LogP) is 1.68. The number of nitrogens with one attached hydrogen (secondary N) is 1. The highest BCUT2D eigenvalue weighted by Crippen LogP contribution is 2.19. The zero-order valence-electron chi connectivity index (χ0n) is 10.4. The molecule has 2 rings (SSSR count). The summed E-state index contributed by atoms with van der Waals surface area (Å²) in [5, 5.41) is 12.1. The molecule has 1 heterocycles. The number of carboxylic acid groups (broad SMARTS) is 1. The zero-order chi connectivity index (χ0) is 13.8. The van der Waals surface area contributed by atoms with Crippen LogP contribution in [-0.2, 0) is 6.54 Å². The second-order valence-electron chi connectivity index (χ2n) is 4.06. The third-order valence-corrected chi connectivity index (χ3v) is 2.57. The predicted molar refractivity (Wildman–Crippen MR) is 71.9 cm³/mol. The lowest BCUT2D eigenvalue weighted by atomic mass is 10.1. The highest BCUT2D eigenvalue weighted by Gasteiger charge is 2.10. The molecule has 2 aromatic rings. The lowest BCUT2D eigenvalue weighted by Gasteiger charge is -2.10. The van der Waals surface area contributed by atoms with E-state index in [9.17, 15) is 4.79 Å². The van der Waals surface area contributed by atoms with E-state index < -0.39 is 5.97 Å². The van der Waals surface area contributed by atoms with Crippen molar-refractivity contribution in [2.45, 2.75) is 13.5 Å². The SMILES string of the molecule is Cc1nccc(CNc2ccc(N)cc2C(=O)O)n1. The third kappa shape index (κ3) is 3.19. The van der Waals surface area contributed by atoms with Crippen LogP contribution in [0.2, 0.25) is 0 Å². The molecular formula is C13H14N4O2. The van der Waals surface area contributed by atoms with Gasteiger partial charge < -0.3 is 16.2 Å². The molecule has 1 aromatic carbocycles. The average Bonchev–Trinajstić information content (AvgIpc) is 2.37.